The maximum Gasteiger partial charge on any atom is 0.316 e. The largest absolute Gasteiger partial charge is 0.477 e. The minimum Gasteiger partial charge on any atom is -0.477 e. The highest BCUT2D eigenvalue weighted by Crippen LogP contribution is 2.29. The van der Waals surface area contributed by atoms with Crippen molar-refractivity contribution in [2.75, 3.05) is 32.9 Å². The lowest BCUT2D eigenvalue weighted by molar-refractivity contribution is -0.142. The van der Waals surface area contributed by atoms with Gasteiger partial charge in [0.2, 0.25) is 29.1 Å². The molecule has 1 fully saturated rings. The molecule has 1 aliphatic heterocycles. The third kappa shape index (κ3) is 4.70. The molecular formula is C17H14F5N3O4. The summed E-state index contributed by atoms with van der Waals surface area (Å²) < 4.78 is 82.0. The number of halogens is 5. The van der Waals surface area contributed by atoms with Gasteiger partial charge in [-0.2, -0.15) is 8.78 Å². The van der Waals surface area contributed by atoms with E-state index in [0.29, 0.717) is 0 Å². The van der Waals surface area contributed by atoms with E-state index in [0.717, 1.165) is 0 Å². The topological polar surface area (TPSA) is 73.8 Å². The number of ether oxygens (including phenoxy) is 3. The molecule has 1 amide bonds. The molecule has 0 spiro atoms. The van der Waals surface area contributed by atoms with Crippen molar-refractivity contribution in [2.45, 2.75) is 6.10 Å². The molecule has 0 saturated carbocycles. The van der Waals surface area contributed by atoms with Crippen LogP contribution in [0.2, 0.25) is 0 Å². The molecule has 1 aliphatic rings. The second-order valence-electron chi connectivity index (χ2n) is 5.86. The number of rotatable bonds is 6. The molecule has 2 aromatic rings. The second kappa shape index (κ2) is 8.99. The molecule has 2 heterocycles. The average Bonchev–Trinajstić information content (AvgIpc) is 2.75. The van der Waals surface area contributed by atoms with Crippen molar-refractivity contribution in [1.29, 1.82) is 0 Å². The zero-order valence-electron chi connectivity index (χ0n) is 14.7. The van der Waals surface area contributed by atoms with E-state index in [1.54, 1.807) is 6.07 Å². The van der Waals surface area contributed by atoms with Crippen molar-refractivity contribution in [3.8, 4) is 11.8 Å². The van der Waals surface area contributed by atoms with Gasteiger partial charge in [0.25, 0.3) is 5.91 Å². The van der Waals surface area contributed by atoms with Gasteiger partial charge in [-0.3, -0.25) is 4.79 Å². The Balaban J connectivity index is 1.57. The molecule has 1 atom stereocenters. The number of aromatic nitrogens is 2. The van der Waals surface area contributed by atoms with Gasteiger partial charge in [0.1, 0.15) is 12.7 Å². The number of nitrogens with zero attached hydrogens (tertiary/aromatic N) is 3. The van der Waals surface area contributed by atoms with Gasteiger partial charge in [0.05, 0.1) is 13.2 Å². The highest BCUT2D eigenvalue weighted by molar-refractivity contribution is 5.78. The highest BCUT2D eigenvalue weighted by atomic mass is 19.2. The van der Waals surface area contributed by atoms with Gasteiger partial charge < -0.3 is 19.1 Å². The normalized spacial score (nSPS) is 16.6. The standard InChI is InChI=1S/C17H14F5N3O4/c18-11-12(19)14(21)16(15(22)13(11)20)28-8-10(26)25-4-5-27-9(6-25)7-29-17-23-2-1-3-24-17/h1-3,9H,4-8H2. The molecule has 0 aliphatic carbocycles. The molecule has 7 nitrogen and oxygen atoms in total. The number of carbonyl (C=O) groups excluding carboxylic acids is 1. The summed E-state index contributed by atoms with van der Waals surface area (Å²) in [4.78, 5) is 21.2. The highest BCUT2D eigenvalue weighted by Gasteiger charge is 2.29. The SMILES string of the molecule is O=C(COc1c(F)c(F)c(F)c(F)c1F)N1CCOC(COc2ncccn2)C1. The molecule has 1 unspecified atom stereocenters. The Labute approximate surface area is 161 Å². The van der Waals surface area contributed by atoms with E-state index in [1.807, 2.05) is 0 Å². The molecule has 0 bridgehead atoms. The summed E-state index contributed by atoms with van der Waals surface area (Å²) in [7, 11) is 0. The molecule has 0 radical (unpaired) electrons. The Hall–Kier alpha value is -3.02. The van der Waals surface area contributed by atoms with Gasteiger partial charge in [-0.15, -0.1) is 0 Å². The van der Waals surface area contributed by atoms with E-state index in [2.05, 4.69) is 14.7 Å². The van der Waals surface area contributed by atoms with Crippen molar-refractivity contribution >= 4 is 5.91 Å². The Bertz CT molecular complexity index is 858. The number of carbonyl (C=O) groups is 1. The van der Waals surface area contributed by atoms with Crippen molar-refractivity contribution in [3.63, 3.8) is 0 Å². The fourth-order valence-corrected chi connectivity index (χ4v) is 2.51. The van der Waals surface area contributed by atoms with Gasteiger partial charge in [-0.25, -0.2) is 23.1 Å². The molecular weight excluding hydrogens is 405 g/mol. The van der Waals surface area contributed by atoms with Crippen LogP contribution in [-0.2, 0) is 9.53 Å². The van der Waals surface area contributed by atoms with Crippen molar-refractivity contribution in [1.82, 2.24) is 14.9 Å². The van der Waals surface area contributed by atoms with Crippen LogP contribution in [-0.4, -0.2) is 59.8 Å². The lowest BCUT2D eigenvalue weighted by atomic mass is 10.2. The fraction of sp³-hybridized carbons (Fsp3) is 0.353. The summed E-state index contributed by atoms with van der Waals surface area (Å²) in [6.45, 7) is -0.526. The van der Waals surface area contributed by atoms with Crippen molar-refractivity contribution in [2.24, 2.45) is 0 Å². The quantitative estimate of drug-likeness (QED) is 0.404. The van der Waals surface area contributed by atoms with Crippen molar-refractivity contribution < 1.29 is 41.0 Å². The van der Waals surface area contributed by atoms with E-state index >= 15 is 0 Å². The summed E-state index contributed by atoms with van der Waals surface area (Å²) in [5.41, 5.74) is 0. The molecule has 12 heteroatoms. The van der Waals surface area contributed by atoms with E-state index in [4.69, 9.17) is 9.47 Å². The Morgan fingerprint density at radius 3 is 2.31 bits per heavy atom. The first-order valence-corrected chi connectivity index (χ1v) is 8.32. The Kier molecular flexibility index (Phi) is 6.42. The predicted molar refractivity (Wildman–Crippen MR) is 85.6 cm³/mol. The summed E-state index contributed by atoms with van der Waals surface area (Å²) in [6, 6.07) is 1.73. The van der Waals surface area contributed by atoms with Crippen LogP contribution in [0.3, 0.4) is 0 Å². The molecule has 1 saturated heterocycles. The van der Waals surface area contributed by atoms with Crippen molar-refractivity contribution in [3.05, 3.63) is 47.5 Å². The monoisotopic (exact) mass is 419 g/mol. The fourth-order valence-electron chi connectivity index (χ4n) is 2.51. The summed E-state index contributed by atoms with van der Waals surface area (Å²) >= 11 is 0. The summed E-state index contributed by atoms with van der Waals surface area (Å²) in [5.74, 6) is -13.1. The van der Waals surface area contributed by atoms with Gasteiger partial charge in [0.15, 0.2) is 12.4 Å². The molecule has 1 aromatic carbocycles. The number of morpholine rings is 1. The minimum absolute atomic E-state index is 0.0340. The van der Waals surface area contributed by atoms with Gasteiger partial charge in [-0.05, 0) is 6.07 Å². The number of benzene rings is 1. The minimum atomic E-state index is -2.31. The molecule has 0 N–H and O–H groups in total. The van der Waals surface area contributed by atoms with Crippen LogP contribution in [0.4, 0.5) is 22.0 Å². The Morgan fingerprint density at radius 2 is 1.66 bits per heavy atom. The van der Waals surface area contributed by atoms with Crippen LogP contribution in [0, 0.1) is 29.1 Å². The molecule has 29 heavy (non-hydrogen) atoms. The van der Waals surface area contributed by atoms with Crippen LogP contribution in [0.1, 0.15) is 0 Å². The van der Waals surface area contributed by atoms with Gasteiger partial charge in [0, 0.05) is 18.9 Å². The van der Waals surface area contributed by atoms with Crippen LogP contribution < -0.4 is 9.47 Å². The maximum absolute atomic E-state index is 13.6. The van der Waals surface area contributed by atoms with E-state index < -0.39 is 53.5 Å². The summed E-state index contributed by atoms with van der Waals surface area (Å²) in [5, 5.41) is 0. The number of hydrogen-bond acceptors (Lipinski definition) is 6. The first kappa shape index (κ1) is 20.7. The zero-order chi connectivity index (χ0) is 21.0. The van der Waals surface area contributed by atoms with E-state index in [9.17, 15) is 26.7 Å². The van der Waals surface area contributed by atoms with Crippen LogP contribution in [0.15, 0.2) is 18.5 Å². The van der Waals surface area contributed by atoms with E-state index in [1.165, 1.54) is 17.3 Å². The Morgan fingerprint density at radius 1 is 1.03 bits per heavy atom. The summed E-state index contributed by atoms with van der Waals surface area (Å²) in [6.07, 6.45) is 2.43. The van der Waals surface area contributed by atoms with Crippen LogP contribution in [0.5, 0.6) is 11.8 Å². The lowest BCUT2D eigenvalue weighted by Crippen LogP contribution is -2.49. The third-order valence-corrected chi connectivity index (χ3v) is 3.94. The van der Waals surface area contributed by atoms with Gasteiger partial charge in [-0.1, -0.05) is 0 Å². The van der Waals surface area contributed by atoms with Crippen LogP contribution in [0.25, 0.3) is 0 Å². The molecule has 3 rings (SSSR count). The third-order valence-electron chi connectivity index (χ3n) is 3.94. The van der Waals surface area contributed by atoms with Gasteiger partial charge >= 0.3 is 6.01 Å². The first-order chi connectivity index (χ1) is 13.9. The number of amides is 1. The van der Waals surface area contributed by atoms with Crippen LogP contribution >= 0.6 is 0 Å². The lowest BCUT2D eigenvalue weighted by Gasteiger charge is -2.32. The molecule has 156 valence electrons. The average molecular weight is 419 g/mol. The number of hydrogen-bond donors (Lipinski definition) is 0. The molecule has 1 aromatic heterocycles. The van der Waals surface area contributed by atoms with E-state index in [-0.39, 0.29) is 32.3 Å². The second-order valence-corrected chi connectivity index (χ2v) is 5.86. The maximum atomic E-state index is 13.6. The smallest absolute Gasteiger partial charge is 0.316 e. The predicted octanol–water partition coefficient (Wildman–Crippen LogP) is 1.86. The first-order valence-electron chi connectivity index (χ1n) is 8.32. The zero-order valence-corrected chi connectivity index (χ0v) is 14.7.